The average Bonchev–Trinajstić information content (AvgIpc) is 2.89. The molecule has 1 heterocycles. The molecule has 106 valence electrons. The minimum absolute atomic E-state index is 0.125. The molecule has 6 heteroatoms. The Morgan fingerprint density at radius 1 is 1.45 bits per heavy atom. The number of hydrogen-bond acceptors (Lipinski definition) is 5. The lowest BCUT2D eigenvalue weighted by molar-refractivity contribution is 0.0696. The largest absolute Gasteiger partial charge is 0.494 e. The van der Waals surface area contributed by atoms with Gasteiger partial charge in [-0.05, 0) is 24.6 Å². The van der Waals surface area contributed by atoms with Crippen LogP contribution >= 0.6 is 11.3 Å². The van der Waals surface area contributed by atoms with Crippen molar-refractivity contribution in [3.63, 3.8) is 0 Å². The number of carbonyl (C=O) groups is 1. The lowest BCUT2D eigenvalue weighted by atomic mass is 10.2. The summed E-state index contributed by atoms with van der Waals surface area (Å²) in [5, 5.41) is 13.9. The molecule has 20 heavy (non-hydrogen) atoms. The minimum atomic E-state index is -0.981. The van der Waals surface area contributed by atoms with Crippen LogP contribution < -0.4 is 10.1 Å². The van der Waals surface area contributed by atoms with E-state index in [1.165, 1.54) is 0 Å². The van der Waals surface area contributed by atoms with E-state index in [2.05, 4.69) is 10.3 Å². The van der Waals surface area contributed by atoms with Crippen molar-refractivity contribution < 1.29 is 14.6 Å². The summed E-state index contributed by atoms with van der Waals surface area (Å²) in [4.78, 5) is 14.7. The molecule has 0 radical (unpaired) electrons. The lowest BCUT2D eigenvalue weighted by Gasteiger charge is -2.06. The van der Waals surface area contributed by atoms with E-state index in [1.54, 1.807) is 5.38 Å². The number of thiazole rings is 1. The molecule has 5 nitrogen and oxygen atoms in total. The Balaban J connectivity index is 1.85. The molecule has 0 aliphatic rings. The summed E-state index contributed by atoms with van der Waals surface area (Å²) in [5.74, 6) is -0.126. The highest BCUT2D eigenvalue weighted by atomic mass is 32.1. The van der Waals surface area contributed by atoms with Crippen molar-refractivity contribution in [3.8, 4) is 5.75 Å². The highest BCUT2D eigenvalue weighted by Crippen LogP contribution is 2.13. The van der Waals surface area contributed by atoms with Crippen molar-refractivity contribution in [2.24, 2.45) is 0 Å². The van der Waals surface area contributed by atoms with Crippen LogP contribution in [0.3, 0.4) is 0 Å². The van der Waals surface area contributed by atoms with Gasteiger partial charge in [-0.3, -0.25) is 0 Å². The van der Waals surface area contributed by atoms with E-state index in [0.717, 1.165) is 28.3 Å². The van der Waals surface area contributed by atoms with Gasteiger partial charge >= 0.3 is 5.97 Å². The molecule has 0 fully saturated rings. The molecule has 0 bridgehead atoms. The molecule has 0 spiro atoms. The minimum Gasteiger partial charge on any atom is -0.494 e. The molecule has 0 aliphatic heterocycles. The van der Waals surface area contributed by atoms with Crippen molar-refractivity contribution in [2.45, 2.75) is 20.0 Å². The first-order valence-electron chi connectivity index (χ1n) is 6.29. The molecule has 2 aromatic rings. The molecule has 1 aromatic heterocycles. The highest BCUT2D eigenvalue weighted by molar-refractivity contribution is 7.11. The average molecular weight is 292 g/mol. The molecule has 2 N–H and O–H groups in total. The van der Waals surface area contributed by atoms with Gasteiger partial charge in [-0.15, -0.1) is 11.3 Å². The lowest BCUT2D eigenvalue weighted by Crippen LogP contribution is -2.13. The number of ether oxygens (including phenoxy) is 1. The molecule has 0 saturated carbocycles. The molecular weight excluding hydrogens is 276 g/mol. The number of carboxylic acids is 1. The molecule has 0 atom stereocenters. The Morgan fingerprint density at radius 2 is 2.30 bits per heavy atom. The van der Waals surface area contributed by atoms with Crippen LogP contribution in [0.5, 0.6) is 5.75 Å². The summed E-state index contributed by atoms with van der Waals surface area (Å²) in [5.41, 5.74) is 1.86. The first kappa shape index (κ1) is 14.5. The quantitative estimate of drug-likeness (QED) is 0.820. The van der Waals surface area contributed by atoms with Crippen molar-refractivity contribution in [2.75, 3.05) is 6.61 Å². The number of hydrogen-bond donors (Lipinski definition) is 2. The predicted octanol–water partition coefficient (Wildman–Crippen LogP) is 2.53. The van der Waals surface area contributed by atoms with Gasteiger partial charge in [0.25, 0.3) is 0 Å². The number of aromatic nitrogens is 1. The third-order valence-electron chi connectivity index (χ3n) is 2.58. The summed E-state index contributed by atoms with van der Waals surface area (Å²) in [7, 11) is 0. The fourth-order valence-corrected chi connectivity index (χ4v) is 2.39. The Bertz CT molecular complexity index is 583. The standard InChI is InChI=1S/C14H16N2O3S/c1-2-19-12-5-3-4-10(6-12)7-15-8-11-9-20-13(16-11)14(17)18/h3-6,9,15H,2,7-8H2,1H3,(H,17,18). The van der Waals surface area contributed by atoms with Gasteiger partial charge < -0.3 is 15.2 Å². The Morgan fingerprint density at radius 3 is 3.00 bits per heavy atom. The van der Waals surface area contributed by atoms with Crippen LogP contribution in [0.15, 0.2) is 29.6 Å². The summed E-state index contributed by atoms with van der Waals surface area (Å²) >= 11 is 1.14. The van der Waals surface area contributed by atoms with Crippen molar-refractivity contribution >= 4 is 17.3 Å². The second kappa shape index (κ2) is 7.02. The molecular formula is C14H16N2O3S. The van der Waals surface area contributed by atoms with E-state index in [1.807, 2.05) is 31.2 Å². The van der Waals surface area contributed by atoms with E-state index in [0.29, 0.717) is 19.7 Å². The molecule has 0 aliphatic carbocycles. The van der Waals surface area contributed by atoms with Crippen LogP contribution in [0, 0.1) is 0 Å². The van der Waals surface area contributed by atoms with E-state index >= 15 is 0 Å². The Labute approximate surface area is 121 Å². The van der Waals surface area contributed by atoms with Crippen LogP contribution in [0.1, 0.15) is 28.0 Å². The highest BCUT2D eigenvalue weighted by Gasteiger charge is 2.08. The first-order chi connectivity index (χ1) is 9.69. The summed E-state index contributed by atoms with van der Waals surface area (Å²) in [6.45, 7) is 3.82. The van der Waals surface area contributed by atoms with Gasteiger partial charge in [-0.2, -0.15) is 0 Å². The van der Waals surface area contributed by atoms with Gasteiger partial charge in [0, 0.05) is 18.5 Å². The predicted molar refractivity (Wildman–Crippen MR) is 77.2 cm³/mol. The molecule has 1 aromatic carbocycles. The smallest absolute Gasteiger partial charge is 0.365 e. The van der Waals surface area contributed by atoms with Crippen molar-refractivity contribution in [1.29, 1.82) is 0 Å². The van der Waals surface area contributed by atoms with Gasteiger partial charge in [0.2, 0.25) is 5.01 Å². The van der Waals surface area contributed by atoms with E-state index in [9.17, 15) is 4.79 Å². The molecule has 0 amide bonds. The maximum atomic E-state index is 10.7. The van der Waals surface area contributed by atoms with E-state index in [4.69, 9.17) is 9.84 Å². The molecule has 2 rings (SSSR count). The maximum absolute atomic E-state index is 10.7. The van der Waals surface area contributed by atoms with E-state index in [-0.39, 0.29) is 5.01 Å². The Kier molecular flexibility index (Phi) is 5.09. The van der Waals surface area contributed by atoms with Gasteiger partial charge in [0.1, 0.15) is 5.75 Å². The van der Waals surface area contributed by atoms with Crippen LogP contribution in [-0.2, 0) is 13.1 Å². The zero-order valence-corrected chi connectivity index (χ0v) is 11.9. The topological polar surface area (TPSA) is 71.5 Å². The van der Waals surface area contributed by atoms with Crippen molar-refractivity contribution in [1.82, 2.24) is 10.3 Å². The monoisotopic (exact) mass is 292 g/mol. The van der Waals surface area contributed by atoms with Crippen molar-refractivity contribution in [3.05, 3.63) is 45.9 Å². The summed E-state index contributed by atoms with van der Waals surface area (Å²) < 4.78 is 5.44. The molecule has 0 saturated heterocycles. The van der Waals surface area contributed by atoms with Crippen LogP contribution in [0.2, 0.25) is 0 Å². The normalized spacial score (nSPS) is 10.4. The number of rotatable bonds is 7. The fourth-order valence-electron chi connectivity index (χ4n) is 1.73. The van der Waals surface area contributed by atoms with Gasteiger partial charge in [0.05, 0.1) is 12.3 Å². The SMILES string of the molecule is CCOc1cccc(CNCc2csc(C(=O)O)n2)c1. The van der Waals surface area contributed by atoms with Gasteiger partial charge in [-0.25, -0.2) is 9.78 Å². The zero-order valence-electron chi connectivity index (χ0n) is 11.1. The second-order valence-electron chi connectivity index (χ2n) is 4.13. The number of benzene rings is 1. The van der Waals surface area contributed by atoms with Gasteiger partial charge in [0.15, 0.2) is 0 Å². The van der Waals surface area contributed by atoms with Gasteiger partial charge in [-0.1, -0.05) is 12.1 Å². The zero-order chi connectivity index (χ0) is 14.4. The summed E-state index contributed by atoms with van der Waals surface area (Å²) in [6, 6.07) is 7.87. The van der Waals surface area contributed by atoms with E-state index < -0.39 is 5.97 Å². The maximum Gasteiger partial charge on any atom is 0.365 e. The number of nitrogens with one attached hydrogen (secondary N) is 1. The second-order valence-corrected chi connectivity index (χ2v) is 4.99. The fraction of sp³-hybridized carbons (Fsp3) is 0.286. The number of nitrogens with zero attached hydrogens (tertiary/aromatic N) is 1. The number of aromatic carboxylic acids is 1. The third kappa shape index (κ3) is 4.04. The van der Waals surface area contributed by atoms with Crippen LogP contribution in [0.4, 0.5) is 0 Å². The van der Waals surface area contributed by atoms with Crippen LogP contribution in [0.25, 0.3) is 0 Å². The third-order valence-corrected chi connectivity index (χ3v) is 3.46. The first-order valence-corrected chi connectivity index (χ1v) is 7.17. The molecule has 0 unspecified atom stereocenters. The van der Waals surface area contributed by atoms with Crippen LogP contribution in [-0.4, -0.2) is 22.7 Å². The Hall–Kier alpha value is -1.92. The summed E-state index contributed by atoms with van der Waals surface area (Å²) in [6.07, 6.45) is 0. The number of carboxylic acid groups (broad SMARTS) is 1.